The van der Waals surface area contributed by atoms with Crippen molar-refractivity contribution >= 4 is 21.9 Å². The number of nitrogens with zero attached hydrogens (tertiary/aromatic N) is 1. The quantitative estimate of drug-likeness (QED) is 0.807. The van der Waals surface area contributed by atoms with Crippen molar-refractivity contribution in [3.63, 3.8) is 0 Å². The van der Waals surface area contributed by atoms with Gasteiger partial charge in [0.15, 0.2) is 0 Å². The second-order valence-corrected chi connectivity index (χ2v) is 5.14. The zero-order valence-corrected chi connectivity index (χ0v) is 12.6. The Kier molecular flexibility index (Phi) is 4.74. The first-order valence-electron chi connectivity index (χ1n) is 6.23. The van der Waals surface area contributed by atoms with Crippen LogP contribution in [0.4, 0.5) is 0 Å². The number of rotatable bonds is 4. The van der Waals surface area contributed by atoms with Crippen LogP contribution in [0.2, 0.25) is 0 Å². The minimum Gasteiger partial charge on any atom is -0.457 e. The van der Waals surface area contributed by atoms with Crippen LogP contribution in [0.5, 0.6) is 0 Å². The molecule has 2 rings (SSSR count). The third-order valence-electron chi connectivity index (χ3n) is 2.83. The lowest BCUT2D eigenvalue weighted by molar-refractivity contribution is 0.0469. The average Bonchev–Trinajstić information content (AvgIpc) is 2.47. The summed E-state index contributed by atoms with van der Waals surface area (Å²) in [5, 5.41) is 0. The third kappa shape index (κ3) is 3.36. The number of esters is 1. The summed E-state index contributed by atoms with van der Waals surface area (Å²) < 4.78 is 7.31. The fourth-order valence-electron chi connectivity index (χ4n) is 1.78. The summed E-state index contributed by atoms with van der Waals surface area (Å²) in [7, 11) is 0. The van der Waals surface area contributed by atoms with Crippen LogP contribution in [0.3, 0.4) is 0 Å². The number of hydrogen-bond donors (Lipinski definition) is 0. The molecule has 5 heteroatoms. The van der Waals surface area contributed by atoms with Gasteiger partial charge in [-0.3, -0.25) is 4.79 Å². The van der Waals surface area contributed by atoms with Crippen LogP contribution in [0.15, 0.2) is 51.9 Å². The molecule has 0 fully saturated rings. The zero-order valence-electron chi connectivity index (χ0n) is 11.0. The normalized spacial score (nSPS) is 10.3. The summed E-state index contributed by atoms with van der Waals surface area (Å²) in [4.78, 5) is 24.0. The molecule has 2 aromatic rings. The van der Waals surface area contributed by atoms with E-state index in [1.54, 1.807) is 6.20 Å². The van der Waals surface area contributed by atoms with Crippen molar-refractivity contribution in [3.8, 4) is 0 Å². The highest BCUT2D eigenvalue weighted by molar-refractivity contribution is 9.10. The monoisotopic (exact) mass is 335 g/mol. The van der Waals surface area contributed by atoms with E-state index in [0.29, 0.717) is 11.0 Å². The molecule has 1 aromatic carbocycles. The summed E-state index contributed by atoms with van der Waals surface area (Å²) in [6.45, 7) is 2.49. The number of benzene rings is 1. The van der Waals surface area contributed by atoms with E-state index in [2.05, 4.69) is 15.9 Å². The van der Waals surface area contributed by atoms with Gasteiger partial charge in [-0.05, 0) is 34.5 Å². The van der Waals surface area contributed by atoms with Crippen molar-refractivity contribution in [2.75, 3.05) is 0 Å². The van der Waals surface area contributed by atoms with Gasteiger partial charge in [-0.1, -0.05) is 30.3 Å². The Bertz CT molecular complexity index is 665. The maximum Gasteiger partial charge on any atom is 0.344 e. The van der Waals surface area contributed by atoms with Crippen LogP contribution in [0, 0.1) is 0 Å². The van der Waals surface area contributed by atoms with Gasteiger partial charge in [0.05, 0.1) is 0 Å². The van der Waals surface area contributed by atoms with E-state index >= 15 is 0 Å². The molecule has 0 radical (unpaired) electrons. The molecule has 1 heterocycles. The minimum atomic E-state index is -0.609. The topological polar surface area (TPSA) is 48.3 Å². The van der Waals surface area contributed by atoms with E-state index in [1.807, 2.05) is 37.3 Å². The van der Waals surface area contributed by atoms with E-state index in [4.69, 9.17) is 4.74 Å². The number of aryl methyl sites for hydroxylation is 1. The van der Waals surface area contributed by atoms with E-state index in [-0.39, 0.29) is 17.7 Å². The Morgan fingerprint density at radius 3 is 2.65 bits per heavy atom. The van der Waals surface area contributed by atoms with Crippen LogP contribution in [-0.4, -0.2) is 10.5 Å². The standard InChI is InChI=1S/C15H14BrNO3/c1-2-17-9-12(16)8-13(14(17)18)15(19)20-10-11-6-4-3-5-7-11/h3-9H,2,10H2,1H3. The molecule has 104 valence electrons. The summed E-state index contributed by atoms with van der Waals surface area (Å²) >= 11 is 3.28. The molecule has 20 heavy (non-hydrogen) atoms. The first kappa shape index (κ1) is 14.5. The van der Waals surface area contributed by atoms with Gasteiger partial charge in [0.2, 0.25) is 0 Å². The lowest BCUT2D eigenvalue weighted by Gasteiger charge is -2.08. The Morgan fingerprint density at radius 2 is 2.00 bits per heavy atom. The van der Waals surface area contributed by atoms with E-state index < -0.39 is 5.97 Å². The van der Waals surface area contributed by atoms with Crippen molar-refractivity contribution in [2.24, 2.45) is 0 Å². The molecule has 0 atom stereocenters. The lowest BCUT2D eigenvalue weighted by atomic mass is 10.2. The van der Waals surface area contributed by atoms with Crippen molar-refractivity contribution in [3.05, 3.63) is 68.5 Å². The van der Waals surface area contributed by atoms with Gasteiger partial charge >= 0.3 is 5.97 Å². The summed E-state index contributed by atoms with van der Waals surface area (Å²) in [6.07, 6.45) is 1.65. The van der Waals surface area contributed by atoms with E-state index in [1.165, 1.54) is 10.6 Å². The molecule has 0 saturated carbocycles. The third-order valence-corrected chi connectivity index (χ3v) is 3.26. The number of halogens is 1. The highest BCUT2D eigenvalue weighted by Gasteiger charge is 2.15. The van der Waals surface area contributed by atoms with E-state index in [9.17, 15) is 9.59 Å². The zero-order chi connectivity index (χ0) is 14.5. The molecule has 0 N–H and O–H groups in total. The molecule has 0 amide bonds. The summed E-state index contributed by atoms with van der Waals surface area (Å²) in [5.74, 6) is -0.609. The van der Waals surface area contributed by atoms with E-state index in [0.717, 1.165) is 5.56 Å². The summed E-state index contributed by atoms with van der Waals surface area (Å²) in [5.41, 5.74) is 0.581. The van der Waals surface area contributed by atoms with Crippen LogP contribution in [-0.2, 0) is 17.9 Å². The van der Waals surface area contributed by atoms with Crippen molar-refractivity contribution < 1.29 is 9.53 Å². The van der Waals surface area contributed by atoms with Gasteiger partial charge < -0.3 is 9.30 Å². The van der Waals surface area contributed by atoms with Crippen molar-refractivity contribution in [1.29, 1.82) is 0 Å². The Morgan fingerprint density at radius 1 is 1.30 bits per heavy atom. The fraction of sp³-hybridized carbons (Fsp3) is 0.200. The number of carbonyl (C=O) groups excluding carboxylic acids is 1. The van der Waals surface area contributed by atoms with Crippen LogP contribution >= 0.6 is 15.9 Å². The molecule has 0 unspecified atom stereocenters. The van der Waals surface area contributed by atoms with Gasteiger partial charge in [-0.15, -0.1) is 0 Å². The number of ether oxygens (including phenoxy) is 1. The predicted octanol–water partition coefficient (Wildman–Crippen LogP) is 2.99. The highest BCUT2D eigenvalue weighted by atomic mass is 79.9. The first-order valence-corrected chi connectivity index (χ1v) is 7.02. The molecule has 4 nitrogen and oxygen atoms in total. The number of pyridine rings is 1. The van der Waals surface area contributed by atoms with Gasteiger partial charge in [0.1, 0.15) is 12.2 Å². The second-order valence-electron chi connectivity index (χ2n) is 4.22. The van der Waals surface area contributed by atoms with Crippen molar-refractivity contribution in [2.45, 2.75) is 20.1 Å². The number of carbonyl (C=O) groups is 1. The molecule has 0 spiro atoms. The molecule has 0 bridgehead atoms. The Hall–Kier alpha value is -1.88. The number of hydrogen-bond acceptors (Lipinski definition) is 3. The van der Waals surface area contributed by atoms with Crippen LogP contribution in [0.25, 0.3) is 0 Å². The lowest BCUT2D eigenvalue weighted by Crippen LogP contribution is -2.26. The number of aromatic nitrogens is 1. The molecule has 0 aliphatic carbocycles. The molecular weight excluding hydrogens is 322 g/mol. The smallest absolute Gasteiger partial charge is 0.344 e. The van der Waals surface area contributed by atoms with Gasteiger partial charge in [-0.2, -0.15) is 0 Å². The molecule has 0 saturated heterocycles. The fourth-order valence-corrected chi connectivity index (χ4v) is 2.26. The predicted molar refractivity (Wildman–Crippen MR) is 79.6 cm³/mol. The summed E-state index contributed by atoms with van der Waals surface area (Å²) in [6, 6.07) is 10.8. The Balaban J connectivity index is 2.17. The minimum absolute atomic E-state index is 0.0390. The van der Waals surface area contributed by atoms with Gasteiger partial charge in [0, 0.05) is 17.2 Å². The average molecular weight is 336 g/mol. The highest BCUT2D eigenvalue weighted by Crippen LogP contribution is 2.10. The Labute approximate surface area is 125 Å². The van der Waals surface area contributed by atoms with Gasteiger partial charge in [-0.25, -0.2) is 4.79 Å². The van der Waals surface area contributed by atoms with Gasteiger partial charge in [0.25, 0.3) is 5.56 Å². The van der Waals surface area contributed by atoms with Crippen LogP contribution in [0.1, 0.15) is 22.8 Å². The largest absolute Gasteiger partial charge is 0.457 e. The second kappa shape index (κ2) is 6.52. The SMILES string of the molecule is CCn1cc(Br)cc(C(=O)OCc2ccccc2)c1=O. The molecular formula is C15H14BrNO3. The van der Waals surface area contributed by atoms with Crippen molar-refractivity contribution in [1.82, 2.24) is 4.57 Å². The van der Waals surface area contributed by atoms with Crippen LogP contribution < -0.4 is 5.56 Å². The molecule has 0 aliphatic rings. The molecule has 1 aromatic heterocycles. The maximum atomic E-state index is 12.0. The molecule has 0 aliphatic heterocycles. The maximum absolute atomic E-state index is 12.0. The first-order chi connectivity index (χ1) is 9.61.